The molecule has 0 fully saturated rings. The number of H-pyrrole nitrogens is 1. The second-order valence-corrected chi connectivity index (χ2v) is 5.46. The van der Waals surface area contributed by atoms with Gasteiger partial charge in [-0.15, -0.1) is 0 Å². The largest absolute Gasteiger partial charge is 0.462 e. The molecule has 0 spiro atoms. The number of alkyl halides is 3. The SMILES string of the molecule is Cc1nc2nc[nH]n2c(=O)c1CCOC(=O)c1ccc(C(F)(F)F)cc1. The average Bonchev–Trinajstić information content (AvgIpc) is 3.05. The smallest absolute Gasteiger partial charge is 0.416 e. The lowest BCUT2D eigenvalue weighted by molar-refractivity contribution is -0.137. The average molecular weight is 366 g/mol. The Balaban J connectivity index is 1.66. The van der Waals surface area contributed by atoms with Gasteiger partial charge in [0.1, 0.15) is 6.33 Å². The Bertz CT molecular complexity index is 1010. The standard InChI is InChI=1S/C16H13F3N4O3/c1-9-12(13(24)23-15(22-9)20-8-21-23)6-7-26-14(25)10-2-4-11(5-3-10)16(17,18)19/h2-5,8H,6-7H2,1H3,(H,20,21,22). The van der Waals surface area contributed by atoms with Crippen molar-refractivity contribution in [3.05, 3.63) is 63.3 Å². The number of carbonyl (C=O) groups excluding carboxylic acids is 1. The molecule has 2 aromatic heterocycles. The second-order valence-electron chi connectivity index (χ2n) is 5.46. The molecule has 0 radical (unpaired) electrons. The number of halogens is 3. The van der Waals surface area contributed by atoms with Crippen molar-refractivity contribution in [2.45, 2.75) is 19.5 Å². The highest BCUT2D eigenvalue weighted by Crippen LogP contribution is 2.29. The summed E-state index contributed by atoms with van der Waals surface area (Å²) < 4.78 is 43.7. The van der Waals surface area contributed by atoms with Gasteiger partial charge >= 0.3 is 12.1 Å². The number of hydrogen-bond acceptors (Lipinski definition) is 5. The van der Waals surface area contributed by atoms with Crippen molar-refractivity contribution in [2.24, 2.45) is 0 Å². The van der Waals surface area contributed by atoms with E-state index in [9.17, 15) is 22.8 Å². The summed E-state index contributed by atoms with van der Waals surface area (Å²) in [4.78, 5) is 32.3. The van der Waals surface area contributed by atoms with E-state index in [-0.39, 0.29) is 29.9 Å². The molecular weight excluding hydrogens is 353 g/mol. The predicted molar refractivity (Wildman–Crippen MR) is 83.8 cm³/mol. The van der Waals surface area contributed by atoms with Crippen LogP contribution in [-0.2, 0) is 17.3 Å². The van der Waals surface area contributed by atoms with Gasteiger partial charge < -0.3 is 4.74 Å². The van der Waals surface area contributed by atoms with E-state index in [4.69, 9.17) is 4.74 Å². The van der Waals surface area contributed by atoms with Crippen LogP contribution in [0.4, 0.5) is 13.2 Å². The number of nitrogens with zero attached hydrogens (tertiary/aromatic N) is 3. The highest BCUT2D eigenvalue weighted by molar-refractivity contribution is 5.89. The molecule has 0 atom stereocenters. The lowest BCUT2D eigenvalue weighted by Gasteiger charge is -2.08. The Hall–Kier alpha value is -3.17. The van der Waals surface area contributed by atoms with Crippen LogP contribution in [0.2, 0.25) is 0 Å². The molecule has 1 N–H and O–H groups in total. The zero-order valence-corrected chi connectivity index (χ0v) is 13.5. The van der Waals surface area contributed by atoms with Crippen LogP contribution in [0.1, 0.15) is 27.2 Å². The first-order chi connectivity index (χ1) is 12.3. The number of hydrogen-bond donors (Lipinski definition) is 1. The van der Waals surface area contributed by atoms with Gasteiger partial charge in [-0.2, -0.15) is 17.7 Å². The van der Waals surface area contributed by atoms with Crippen LogP contribution in [0.5, 0.6) is 0 Å². The van der Waals surface area contributed by atoms with Crippen LogP contribution in [0.15, 0.2) is 35.4 Å². The van der Waals surface area contributed by atoms with Gasteiger partial charge in [0, 0.05) is 12.0 Å². The van der Waals surface area contributed by atoms with Crippen molar-refractivity contribution >= 4 is 11.7 Å². The molecule has 26 heavy (non-hydrogen) atoms. The summed E-state index contributed by atoms with van der Waals surface area (Å²) in [5, 5.41) is 2.63. The zero-order valence-electron chi connectivity index (χ0n) is 13.5. The fourth-order valence-corrected chi connectivity index (χ4v) is 2.41. The van der Waals surface area contributed by atoms with Crippen LogP contribution < -0.4 is 5.56 Å². The Morgan fingerprint density at radius 2 is 1.96 bits per heavy atom. The first-order valence-electron chi connectivity index (χ1n) is 7.53. The maximum absolute atomic E-state index is 12.5. The van der Waals surface area contributed by atoms with Gasteiger partial charge in [-0.3, -0.25) is 9.89 Å². The summed E-state index contributed by atoms with van der Waals surface area (Å²) in [6, 6.07) is 3.71. The third-order valence-corrected chi connectivity index (χ3v) is 3.77. The molecule has 0 aliphatic carbocycles. The van der Waals surface area contributed by atoms with E-state index in [1.54, 1.807) is 6.92 Å². The number of aromatic nitrogens is 4. The summed E-state index contributed by atoms with van der Waals surface area (Å²) in [6.07, 6.45) is -3.02. The van der Waals surface area contributed by atoms with Crippen molar-refractivity contribution in [3.8, 4) is 0 Å². The molecule has 0 unspecified atom stereocenters. The maximum Gasteiger partial charge on any atom is 0.416 e. The first-order valence-corrected chi connectivity index (χ1v) is 7.53. The third kappa shape index (κ3) is 3.44. The van der Waals surface area contributed by atoms with Gasteiger partial charge in [0.25, 0.3) is 11.3 Å². The van der Waals surface area contributed by atoms with Crippen LogP contribution in [0.3, 0.4) is 0 Å². The van der Waals surface area contributed by atoms with E-state index in [0.717, 1.165) is 24.3 Å². The lowest BCUT2D eigenvalue weighted by atomic mass is 10.1. The molecule has 0 saturated carbocycles. The number of carbonyl (C=O) groups is 1. The van der Waals surface area contributed by atoms with E-state index in [1.807, 2.05) is 0 Å². The minimum absolute atomic E-state index is 0.00594. The number of benzene rings is 1. The Labute approximate surface area is 144 Å². The van der Waals surface area contributed by atoms with Crippen molar-refractivity contribution in [3.63, 3.8) is 0 Å². The number of aromatic amines is 1. The van der Waals surface area contributed by atoms with E-state index >= 15 is 0 Å². The van der Waals surface area contributed by atoms with Crippen molar-refractivity contribution in [2.75, 3.05) is 6.61 Å². The van der Waals surface area contributed by atoms with E-state index < -0.39 is 17.7 Å². The summed E-state index contributed by atoms with van der Waals surface area (Å²) in [7, 11) is 0. The molecule has 1 aromatic carbocycles. The molecule has 0 aliphatic heterocycles. The second kappa shape index (κ2) is 6.62. The fraction of sp³-hybridized carbons (Fsp3) is 0.250. The van der Waals surface area contributed by atoms with Gasteiger partial charge in [-0.05, 0) is 31.2 Å². The van der Waals surface area contributed by atoms with Gasteiger partial charge in [-0.25, -0.2) is 14.8 Å². The number of fused-ring (bicyclic) bond motifs is 1. The van der Waals surface area contributed by atoms with Crippen molar-refractivity contribution in [1.29, 1.82) is 0 Å². The number of esters is 1. The predicted octanol–water partition coefficient (Wildman–Crippen LogP) is 2.14. The Morgan fingerprint density at radius 3 is 2.62 bits per heavy atom. The summed E-state index contributed by atoms with van der Waals surface area (Å²) in [6.45, 7) is 1.53. The molecule has 3 aromatic rings. The highest BCUT2D eigenvalue weighted by atomic mass is 19.4. The monoisotopic (exact) mass is 366 g/mol. The van der Waals surface area contributed by atoms with Crippen molar-refractivity contribution < 1.29 is 22.7 Å². The Kier molecular flexibility index (Phi) is 4.49. The van der Waals surface area contributed by atoms with Crippen LogP contribution in [-0.4, -0.2) is 32.2 Å². The summed E-state index contributed by atoms with van der Waals surface area (Å²) in [5.74, 6) is -0.537. The topological polar surface area (TPSA) is 89.3 Å². The first kappa shape index (κ1) is 17.6. The van der Waals surface area contributed by atoms with Gasteiger partial charge in [-0.1, -0.05) is 0 Å². The molecule has 2 heterocycles. The number of aryl methyl sites for hydroxylation is 1. The van der Waals surface area contributed by atoms with E-state index in [2.05, 4.69) is 15.1 Å². The molecular formula is C16H13F3N4O3. The lowest BCUT2D eigenvalue weighted by Crippen LogP contribution is -2.23. The molecule has 10 heteroatoms. The quantitative estimate of drug-likeness (QED) is 0.715. The van der Waals surface area contributed by atoms with Gasteiger partial charge in [0.05, 0.1) is 23.4 Å². The van der Waals surface area contributed by atoms with E-state index in [1.165, 1.54) is 10.8 Å². The van der Waals surface area contributed by atoms with Crippen LogP contribution >= 0.6 is 0 Å². The highest BCUT2D eigenvalue weighted by Gasteiger charge is 2.30. The molecule has 0 amide bonds. The van der Waals surface area contributed by atoms with Gasteiger partial charge in [0.15, 0.2) is 0 Å². The molecule has 0 saturated heterocycles. The van der Waals surface area contributed by atoms with Crippen LogP contribution in [0.25, 0.3) is 5.78 Å². The molecule has 0 aliphatic rings. The molecule has 3 rings (SSSR count). The zero-order chi connectivity index (χ0) is 18.9. The van der Waals surface area contributed by atoms with Gasteiger partial charge in [0.2, 0.25) is 0 Å². The fourth-order valence-electron chi connectivity index (χ4n) is 2.41. The molecule has 136 valence electrons. The third-order valence-electron chi connectivity index (χ3n) is 3.77. The summed E-state index contributed by atoms with van der Waals surface area (Å²) in [5.41, 5.74) is -0.388. The maximum atomic E-state index is 12.5. The summed E-state index contributed by atoms with van der Waals surface area (Å²) >= 11 is 0. The Morgan fingerprint density at radius 1 is 1.27 bits per heavy atom. The minimum Gasteiger partial charge on any atom is -0.462 e. The van der Waals surface area contributed by atoms with E-state index in [0.29, 0.717) is 11.3 Å². The molecule has 0 bridgehead atoms. The van der Waals surface area contributed by atoms with Crippen LogP contribution in [0, 0.1) is 6.92 Å². The normalized spacial score (nSPS) is 11.7. The van der Waals surface area contributed by atoms with Crippen molar-refractivity contribution in [1.82, 2.24) is 19.6 Å². The minimum atomic E-state index is -4.47. The number of nitrogens with one attached hydrogen (secondary N) is 1. The number of rotatable bonds is 4. The molecule has 7 nitrogen and oxygen atoms in total. The number of ether oxygens (including phenoxy) is 1.